The van der Waals surface area contributed by atoms with E-state index < -0.39 is 12.1 Å². The van der Waals surface area contributed by atoms with E-state index in [9.17, 15) is 9.59 Å². The maximum atomic E-state index is 12.5. The quantitative estimate of drug-likeness (QED) is 0.835. The van der Waals surface area contributed by atoms with Gasteiger partial charge in [0.05, 0.1) is 0 Å². The van der Waals surface area contributed by atoms with Gasteiger partial charge in [0.2, 0.25) is 5.91 Å². The van der Waals surface area contributed by atoms with E-state index in [1.165, 1.54) is 0 Å². The Kier molecular flexibility index (Phi) is 4.00. The molecule has 1 heterocycles. The molecule has 0 bridgehead atoms. The van der Waals surface area contributed by atoms with Crippen LogP contribution in [0.25, 0.3) is 0 Å². The predicted molar refractivity (Wildman–Crippen MR) is 73.3 cm³/mol. The van der Waals surface area contributed by atoms with Crippen molar-refractivity contribution in [2.75, 3.05) is 6.54 Å². The van der Waals surface area contributed by atoms with E-state index in [-0.39, 0.29) is 11.8 Å². The molecule has 0 aromatic heterocycles. The number of nitrogens with one attached hydrogen (secondary N) is 1. The van der Waals surface area contributed by atoms with Gasteiger partial charge in [0.15, 0.2) is 0 Å². The molecule has 1 aromatic rings. The normalized spacial score (nSPS) is 23.1. The zero-order chi connectivity index (χ0) is 13.8. The van der Waals surface area contributed by atoms with Gasteiger partial charge in [-0.15, -0.1) is 6.58 Å². The first-order valence-corrected chi connectivity index (χ1v) is 6.45. The van der Waals surface area contributed by atoms with Gasteiger partial charge in [-0.25, -0.2) is 0 Å². The fourth-order valence-electron chi connectivity index (χ4n) is 2.39. The van der Waals surface area contributed by atoms with Crippen LogP contribution >= 0.6 is 0 Å². The van der Waals surface area contributed by atoms with Gasteiger partial charge in [-0.1, -0.05) is 43.3 Å². The third kappa shape index (κ3) is 2.52. The van der Waals surface area contributed by atoms with Gasteiger partial charge in [0.1, 0.15) is 12.1 Å². The number of carbonyl (C=O) groups excluding carboxylic acids is 2. The van der Waals surface area contributed by atoms with Crippen LogP contribution in [-0.4, -0.2) is 29.3 Å². The molecule has 2 unspecified atom stereocenters. The molecule has 1 saturated heterocycles. The second-order valence-electron chi connectivity index (χ2n) is 4.56. The Balaban J connectivity index is 2.31. The van der Waals surface area contributed by atoms with Crippen molar-refractivity contribution in [3.63, 3.8) is 0 Å². The lowest BCUT2D eigenvalue weighted by Gasteiger charge is -2.38. The first-order valence-electron chi connectivity index (χ1n) is 6.45. The summed E-state index contributed by atoms with van der Waals surface area (Å²) in [5.74, 6) is -0.171. The Labute approximate surface area is 113 Å². The maximum absolute atomic E-state index is 12.5. The maximum Gasteiger partial charge on any atom is 0.250 e. The molecule has 4 nitrogen and oxygen atoms in total. The third-order valence-electron chi connectivity index (χ3n) is 3.34. The summed E-state index contributed by atoms with van der Waals surface area (Å²) in [5.41, 5.74) is 0.810. The molecular weight excluding hydrogens is 240 g/mol. The van der Waals surface area contributed by atoms with Crippen LogP contribution in [-0.2, 0) is 9.59 Å². The van der Waals surface area contributed by atoms with E-state index in [2.05, 4.69) is 11.9 Å². The SMILES string of the molecule is C=CCN1C(=O)C(c2ccccc2)NC(=O)C1CC. The Morgan fingerprint density at radius 2 is 2.00 bits per heavy atom. The van der Waals surface area contributed by atoms with Crippen LogP contribution in [0.5, 0.6) is 0 Å². The van der Waals surface area contributed by atoms with E-state index in [4.69, 9.17) is 0 Å². The van der Waals surface area contributed by atoms with Crippen molar-refractivity contribution in [1.82, 2.24) is 10.2 Å². The third-order valence-corrected chi connectivity index (χ3v) is 3.34. The molecule has 4 heteroatoms. The van der Waals surface area contributed by atoms with E-state index in [0.717, 1.165) is 5.56 Å². The standard InChI is InChI=1S/C15H18N2O2/c1-3-10-17-12(4-2)14(18)16-13(15(17)19)11-8-6-5-7-9-11/h3,5-9,12-13H,1,4,10H2,2H3,(H,16,18). The number of nitrogens with zero attached hydrogens (tertiary/aromatic N) is 1. The highest BCUT2D eigenvalue weighted by molar-refractivity contribution is 5.97. The highest BCUT2D eigenvalue weighted by Gasteiger charge is 2.39. The molecule has 2 rings (SSSR count). The lowest BCUT2D eigenvalue weighted by Crippen LogP contribution is -2.59. The van der Waals surface area contributed by atoms with Crippen LogP contribution in [0, 0.1) is 0 Å². The predicted octanol–water partition coefficient (Wildman–Crippen LogP) is 1.65. The zero-order valence-corrected chi connectivity index (χ0v) is 11.0. The van der Waals surface area contributed by atoms with Crippen molar-refractivity contribution < 1.29 is 9.59 Å². The van der Waals surface area contributed by atoms with E-state index in [1.54, 1.807) is 11.0 Å². The van der Waals surface area contributed by atoms with Gasteiger partial charge < -0.3 is 10.2 Å². The number of hydrogen-bond acceptors (Lipinski definition) is 2. The van der Waals surface area contributed by atoms with E-state index in [1.807, 2.05) is 37.3 Å². The summed E-state index contributed by atoms with van der Waals surface area (Å²) in [5, 5.41) is 2.81. The van der Waals surface area contributed by atoms with Gasteiger partial charge >= 0.3 is 0 Å². The fraction of sp³-hybridized carbons (Fsp3) is 0.333. The van der Waals surface area contributed by atoms with Crippen LogP contribution in [0.1, 0.15) is 24.9 Å². The summed E-state index contributed by atoms with van der Waals surface area (Å²) in [4.78, 5) is 26.2. The van der Waals surface area contributed by atoms with Gasteiger partial charge in [0.25, 0.3) is 5.91 Å². The van der Waals surface area contributed by atoms with Crippen molar-refractivity contribution >= 4 is 11.8 Å². The molecule has 0 radical (unpaired) electrons. The van der Waals surface area contributed by atoms with Gasteiger partial charge in [-0.05, 0) is 12.0 Å². The summed E-state index contributed by atoms with van der Waals surface area (Å²) in [7, 11) is 0. The molecule has 0 spiro atoms. The van der Waals surface area contributed by atoms with Crippen LogP contribution in [0.4, 0.5) is 0 Å². The number of piperazine rings is 1. The lowest BCUT2D eigenvalue weighted by atomic mass is 9.99. The van der Waals surface area contributed by atoms with Crippen molar-refractivity contribution in [3.8, 4) is 0 Å². The summed E-state index contributed by atoms with van der Waals surface area (Å²) < 4.78 is 0. The number of carbonyl (C=O) groups is 2. The largest absolute Gasteiger partial charge is 0.339 e. The van der Waals surface area contributed by atoms with Gasteiger partial charge in [0, 0.05) is 6.54 Å². The van der Waals surface area contributed by atoms with Crippen molar-refractivity contribution in [2.45, 2.75) is 25.4 Å². The summed E-state index contributed by atoms with van der Waals surface area (Å²) >= 11 is 0. The lowest BCUT2D eigenvalue weighted by molar-refractivity contribution is -0.149. The highest BCUT2D eigenvalue weighted by atomic mass is 16.2. The Morgan fingerprint density at radius 3 is 2.58 bits per heavy atom. The molecule has 19 heavy (non-hydrogen) atoms. The summed E-state index contributed by atoms with van der Waals surface area (Å²) in [6.07, 6.45) is 2.26. The number of amides is 2. The molecule has 1 N–H and O–H groups in total. The molecule has 1 aliphatic rings. The molecule has 0 aliphatic carbocycles. The second kappa shape index (κ2) is 5.69. The topological polar surface area (TPSA) is 49.4 Å². The molecule has 0 saturated carbocycles. The first kappa shape index (κ1) is 13.3. The van der Waals surface area contributed by atoms with Crippen LogP contribution in [0.2, 0.25) is 0 Å². The summed E-state index contributed by atoms with van der Waals surface area (Å²) in [6.45, 7) is 5.95. The molecule has 1 fully saturated rings. The first-order chi connectivity index (χ1) is 9.19. The van der Waals surface area contributed by atoms with Crippen LogP contribution in [0.15, 0.2) is 43.0 Å². The Morgan fingerprint density at radius 1 is 1.32 bits per heavy atom. The molecule has 1 aliphatic heterocycles. The average molecular weight is 258 g/mol. The van der Waals surface area contributed by atoms with Crippen LogP contribution < -0.4 is 5.32 Å². The van der Waals surface area contributed by atoms with Crippen molar-refractivity contribution in [3.05, 3.63) is 48.6 Å². The Bertz CT molecular complexity index is 484. The minimum absolute atomic E-state index is 0.0717. The molecule has 2 atom stereocenters. The fourth-order valence-corrected chi connectivity index (χ4v) is 2.39. The van der Waals surface area contributed by atoms with Gasteiger partial charge in [-0.3, -0.25) is 9.59 Å². The average Bonchev–Trinajstić information content (AvgIpc) is 2.44. The summed E-state index contributed by atoms with van der Waals surface area (Å²) in [6, 6.07) is 8.32. The number of hydrogen-bond donors (Lipinski definition) is 1. The minimum atomic E-state index is -0.587. The second-order valence-corrected chi connectivity index (χ2v) is 4.56. The molecule has 2 amide bonds. The van der Waals surface area contributed by atoms with Crippen molar-refractivity contribution in [2.24, 2.45) is 0 Å². The molecule has 100 valence electrons. The van der Waals surface area contributed by atoms with Gasteiger partial charge in [-0.2, -0.15) is 0 Å². The molecule has 1 aromatic carbocycles. The van der Waals surface area contributed by atoms with E-state index >= 15 is 0 Å². The highest BCUT2D eigenvalue weighted by Crippen LogP contribution is 2.23. The Hall–Kier alpha value is -2.10. The molecular formula is C15H18N2O2. The number of rotatable bonds is 4. The zero-order valence-electron chi connectivity index (χ0n) is 11.0. The monoisotopic (exact) mass is 258 g/mol. The van der Waals surface area contributed by atoms with E-state index in [0.29, 0.717) is 13.0 Å². The minimum Gasteiger partial charge on any atom is -0.339 e. The number of benzene rings is 1. The smallest absolute Gasteiger partial charge is 0.250 e. The van der Waals surface area contributed by atoms with Crippen molar-refractivity contribution in [1.29, 1.82) is 0 Å². The van der Waals surface area contributed by atoms with Crippen LogP contribution in [0.3, 0.4) is 0 Å².